The number of aryl methyl sites for hydroxylation is 1. The number of sulfonamides is 1. The molecule has 1 aliphatic rings. The molecule has 0 aromatic heterocycles. The van der Waals surface area contributed by atoms with E-state index in [0.717, 1.165) is 18.4 Å². The third-order valence-corrected chi connectivity index (χ3v) is 8.00. The Morgan fingerprint density at radius 3 is 2.22 bits per heavy atom. The fourth-order valence-electron chi connectivity index (χ4n) is 3.46. The monoisotopic (exact) mass is 497 g/mol. The lowest BCUT2D eigenvalue weighted by Crippen LogP contribution is -2.49. The van der Waals surface area contributed by atoms with Crippen LogP contribution in [0.3, 0.4) is 0 Å². The predicted octanol–water partition coefficient (Wildman–Crippen LogP) is 3.21. The van der Waals surface area contributed by atoms with Crippen molar-refractivity contribution in [3.63, 3.8) is 0 Å². The summed E-state index contributed by atoms with van der Waals surface area (Å²) in [6.45, 7) is 3.20. The molecular weight excluding hydrogens is 473 g/mol. The van der Waals surface area contributed by atoms with Gasteiger partial charge in [-0.25, -0.2) is 8.42 Å². The molecule has 7 nitrogen and oxygen atoms in total. The van der Waals surface area contributed by atoms with E-state index >= 15 is 0 Å². The van der Waals surface area contributed by atoms with Gasteiger partial charge in [-0.15, -0.1) is 0 Å². The van der Waals surface area contributed by atoms with Crippen LogP contribution >= 0.6 is 23.2 Å². The Hall–Kier alpha value is -2.13. The van der Waals surface area contributed by atoms with Gasteiger partial charge >= 0.3 is 0 Å². The van der Waals surface area contributed by atoms with Gasteiger partial charge in [-0.3, -0.25) is 9.59 Å². The number of piperazine rings is 1. The van der Waals surface area contributed by atoms with Crippen LogP contribution in [0.4, 0.5) is 0 Å². The Morgan fingerprint density at radius 1 is 0.969 bits per heavy atom. The summed E-state index contributed by atoms with van der Waals surface area (Å²) in [5, 5.41) is 3.85. The van der Waals surface area contributed by atoms with E-state index in [-0.39, 0.29) is 29.8 Å². The number of nitrogens with one attached hydrogen (secondary N) is 1. The van der Waals surface area contributed by atoms with Crippen LogP contribution in [0, 0.1) is 0 Å². The second kappa shape index (κ2) is 10.7. The van der Waals surface area contributed by atoms with Gasteiger partial charge in [-0.1, -0.05) is 29.3 Å². The zero-order chi connectivity index (χ0) is 23.3. The van der Waals surface area contributed by atoms with E-state index < -0.39 is 10.0 Å². The zero-order valence-electron chi connectivity index (χ0n) is 17.7. The SMILES string of the molecule is CC(=O)N1CCN(S(=O)(=O)c2ccc(C(=O)NCCCc3ccc(Cl)c(Cl)c3)cc2)CC1. The molecule has 1 N–H and O–H groups in total. The summed E-state index contributed by atoms with van der Waals surface area (Å²) in [4.78, 5) is 25.6. The minimum Gasteiger partial charge on any atom is -0.352 e. The number of hydrogen-bond acceptors (Lipinski definition) is 4. The first kappa shape index (κ1) is 24.5. The predicted molar refractivity (Wildman–Crippen MR) is 125 cm³/mol. The maximum Gasteiger partial charge on any atom is 0.251 e. The molecule has 1 heterocycles. The van der Waals surface area contributed by atoms with Crippen molar-refractivity contribution in [2.75, 3.05) is 32.7 Å². The second-order valence-electron chi connectivity index (χ2n) is 7.54. The second-order valence-corrected chi connectivity index (χ2v) is 10.3. The highest BCUT2D eigenvalue weighted by atomic mass is 35.5. The number of carbonyl (C=O) groups is 2. The number of amides is 2. The molecule has 2 aromatic carbocycles. The van der Waals surface area contributed by atoms with Crippen LogP contribution < -0.4 is 5.32 Å². The highest BCUT2D eigenvalue weighted by Crippen LogP contribution is 2.23. The van der Waals surface area contributed by atoms with Gasteiger partial charge in [0.25, 0.3) is 5.91 Å². The highest BCUT2D eigenvalue weighted by molar-refractivity contribution is 7.89. The third-order valence-electron chi connectivity index (χ3n) is 5.35. The summed E-state index contributed by atoms with van der Waals surface area (Å²) in [5.74, 6) is -0.326. The zero-order valence-corrected chi connectivity index (χ0v) is 20.0. The average molecular weight is 498 g/mol. The van der Waals surface area contributed by atoms with Gasteiger partial charge in [-0.2, -0.15) is 4.31 Å². The van der Waals surface area contributed by atoms with Crippen molar-refractivity contribution >= 4 is 45.0 Å². The van der Waals surface area contributed by atoms with E-state index in [4.69, 9.17) is 23.2 Å². The maximum atomic E-state index is 12.8. The first-order valence-corrected chi connectivity index (χ1v) is 12.5. The fraction of sp³-hybridized carbons (Fsp3) is 0.364. The van der Waals surface area contributed by atoms with Crippen molar-refractivity contribution in [3.8, 4) is 0 Å². The van der Waals surface area contributed by atoms with Gasteiger partial charge in [0.05, 0.1) is 14.9 Å². The summed E-state index contributed by atoms with van der Waals surface area (Å²) in [6, 6.07) is 11.4. The van der Waals surface area contributed by atoms with Crippen molar-refractivity contribution in [2.24, 2.45) is 0 Å². The minimum absolute atomic E-state index is 0.0608. The van der Waals surface area contributed by atoms with E-state index in [1.54, 1.807) is 11.0 Å². The first-order chi connectivity index (χ1) is 15.2. The third kappa shape index (κ3) is 6.01. The summed E-state index contributed by atoms with van der Waals surface area (Å²) in [5.41, 5.74) is 1.42. The van der Waals surface area contributed by atoms with E-state index in [1.165, 1.54) is 35.5 Å². The highest BCUT2D eigenvalue weighted by Gasteiger charge is 2.29. The number of rotatable bonds is 7. The van der Waals surface area contributed by atoms with Crippen LogP contribution in [0.25, 0.3) is 0 Å². The van der Waals surface area contributed by atoms with Crippen LogP contribution in [-0.2, 0) is 21.2 Å². The molecule has 0 unspecified atom stereocenters. The van der Waals surface area contributed by atoms with Crippen molar-refractivity contribution in [1.29, 1.82) is 0 Å². The van der Waals surface area contributed by atoms with Crippen LogP contribution in [0.5, 0.6) is 0 Å². The molecule has 2 amide bonds. The van der Waals surface area contributed by atoms with Crippen LogP contribution in [-0.4, -0.2) is 62.2 Å². The van der Waals surface area contributed by atoms with Gasteiger partial charge in [-0.05, 0) is 54.8 Å². The standard InChI is InChI=1S/C22H25Cl2N3O4S/c1-16(28)26-11-13-27(14-12-26)32(30,31)19-7-5-18(6-8-19)22(29)25-10-2-3-17-4-9-20(23)21(24)15-17/h4-9,15H,2-3,10-14H2,1H3,(H,25,29). The molecule has 172 valence electrons. The Kier molecular flexibility index (Phi) is 8.16. The molecule has 0 aliphatic carbocycles. The molecule has 0 saturated carbocycles. The maximum absolute atomic E-state index is 12.8. The number of hydrogen-bond donors (Lipinski definition) is 1. The van der Waals surface area contributed by atoms with Gasteiger partial charge in [0.2, 0.25) is 15.9 Å². The lowest BCUT2D eigenvalue weighted by Gasteiger charge is -2.33. The van der Waals surface area contributed by atoms with Crippen LogP contribution in [0.2, 0.25) is 10.0 Å². The lowest BCUT2D eigenvalue weighted by molar-refractivity contribution is -0.129. The molecule has 0 bridgehead atoms. The van der Waals surface area contributed by atoms with Crippen molar-refractivity contribution in [2.45, 2.75) is 24.7 Å². The normalized spacial score (nSPS) is 14.9. The molecule has 0 radical (unpaired) electrons. The Bertz CT molecular complexity index is 1080. The summed E-state index contributed by atoms with van der Waals surface area (Å²) >= 11 is 11.9. The first-order valence-electron chi connectivity index (χ1n) is 10.3. The average Bonchev–Trinajstić information content (AvgIpc) is 2.79. The molecule has 1 saturated heterocycles. The van der Waals surface area contributed by atoms with Gasteiger partial charge < -0.3 is 10.2 Å². The molecule has 2 aromatic rings. The Morgan fingerprint density at radius 2 is 1.62 bits per heavy atom. The molecule has 0 spiro atoms. The molecule has 0 atom stereocenters. The van der Waals surface area contributed by atoms with Crippen LogP contribution in [0.15, 0.2) is 47.4 Å². The summed E-state index contributed by atoms with van der Waals surface area (Å²) < 4.78 is 27.0. The largest absolute Gasteiger partial charge is 0.352 e. The molecule has 3 rings (SSSR count). The number of halogens is 2. The van der Waals surface area contributed by atoms with Crippen molar-refractivity contribution in [3.05, 3.63) is 63.6 Å². The Balaban J connectivity index is 1.51. The van der Waals surface area contributed by atoms with E-state index in [1.807, 2.05) is 12.1 Å². The minimum atomic E-state index is -3.67. The Labute approximate surface area is 198 Å². The number of nitrogens with zero attached hydrogens (tertiary/aromatic N) is 2. The lowest BCUT2D eigenvalue weighted by atomic mass is 10.1. The molecular formula is C22H25Cl2N3O4S. The van der Waals surface area contributed by atoms with E-state index in [9.17, 15) is 18.0 Å². The number of carbonyl (C=O) groups excluding carboxylic acids is 2. The van der Waals surface area contributed by atoms with E-state index in [0.29, 0.717) is 35.2 Å². The number of benzene rings is 2. The summed E-state index contributed by atoms with van der Waals surface area (Å²) in [7, 11) is -3.67. The van der Waals surface area contributed by atoms with Crippen LogP contribution in [0.1, 0.15) is 29.3 Å². The topological polar surface area (TPSA) is 86.8 Å². The van der Waals surface area contributed by atoms with E-state index in [2.05, 4.69) is 5.32 Å². The van der Waals surface area contributed by atoms with Gasteiger partial charge in [0, 0.05) is 45.2 Å². The molecule has 32 heavy (non-hydrogen) atoms. The smallest absolute Gasteiger partial charge is 0.251 e. The van der Waals surface area contributed by atoms with Crippen molar-refractivity contribution < 1.29 is 18.0 Å². The van der Waals surface area contributed by atoms with Crippen molar-refractivity contribution in [1.82, 2.24) is 14.5 Å². The quantitative estimate of drug-likeness (QED) is 0.594. The van der Waals surface area contributed by atoms with Gasteiger partial charge in [0.1, 0.15) is 0 Å². The summed E-state index contributed by atoms with van der Waals surface area (Å²) in [6.07, 6.45) is 1.47. The fourth-order valence-corrected chi connectivity index (χ4v) is 5.21. The molecule has 1 fully saturated rings. The van der Waals surface area contributed by atoms with Gasteiger partial charge in [0.15, 0.2) is 0 Å². The molecule has 1 aliphatic heterocycles. The molecule has 10 heteroatoms.